The highest BCUT2D eigenvalue weighted by Crippen LogP contribution is 2.25. The van der Waals surface area contributed by atoms with Gasteiger partial charge in [0, 0.05) is 18.7 Å². The first kappa shape index (κ1) is 13.9. The molecule has 0 aromatic heterocycles. The minimum absolute atomic E-state index is 0.224. The molecule has 1 amide bonds. The predicted molar refractivity (Wildman–Crippen MR) is 76.2 cm³/mol. The summed E-state index contributed by atoms with van der Waals surface area (Å²) in [6.07, 6.45) is 3.12. The van der Waals surface area contributed by atoms with Gasteiger partial charge >= 0.3 is 12.1 Å². The summed E-state index contributed by atoms with van der Waals surface area (Å²) in [7, 11) is 0. The number of cyclic esters (lactones) is 1. The first-order valence-electron chi connectivity index (χ1n) is 7.40. The van der Waals surface area contributed by atoms with E-state index in [1.165, 1.54) is 10.5 Å². The number of hydrogen-bond donors (Lipinski definition) is 1. The number of esters is 1. The van der Waals surface area contributed by atoms with Gasteiger partial charge in [-0.15, -0.1) is 0 Å². The number of likely N-dealkylation sites (tertiary alicyclic amines) is 1. The topological polar surface area (TPSA) is 66.8 Å². The molecule has 0 bridgehead atoms. The highest BCUT2D eigenvalue weighted by molar-refractivity contribution is 5.93. The number of aryl methyl sites for hydroxylation is 1. The molecule has 2 aliphatic rings. The van der Waals surface area contributed by atoms with E-state index in [1.807, 2.05) is 12.1 Å². The van der Waals surface area contributed by atoms with Crippen molar-refractivity contribution in [1.29, 1.82) is 0 Å². The number of carboxylic acid groups (broad SMARTS) is 1. The molecule has 5 heteroatoms. The highest BCUT2D eigenvalue weighted by Gasteiger charge is 2.23. The van der Waals surface area contributed by atoms with Gasteiger partial charge in [-0.2, -0.15) is 0 Å². The molecule has 0 radical (unpaired) electrons. The first-order chi connectivity index (χ1) is 10.1. The Hall–Kier alpha value is -2.04. The summed E-state index contributed by atoms with van der Waals surface area (Å²) in [6, 6.07) is 5.91. The maximum absolute atomic E-state index is 11.4. The molecule has 3 rings (SSSR count). The van der Waals surface area contributed by atoms with Crippen LogP contribution in [0, 0.1) is 5.92 Å². The molecule has 1 saturated heterocycles. The van der Waals surface area contributed by atoms with Crippen LogP contribution >= 0.6 is 0 Å². The van der Waals surface area contributed by atoms with Crippen molar-refractivity contribution in [1.82, 2.24) is 4.90 Å². The van der Waals surface area contributed by atoms with Crippen molar-refractivity contribution in [3.63, 3.8) is 0 Å². The molecule has 0 aliphatic carbocycles. The molecule has 0 unspecified atom stereocenters. The van der Waals surface area contributed by atoms with E-state index < -0.39 is 6.09 Å². The van der Waals surface area contributed by atoms with Gasteiger partial charge in [0.15, 0.2) is 0 Å². The van der Waals surface area contributed by atoms with E-state index in [2.05, 4.69) is 6.07 Å². The van der Waals surface area contributed by atoms with Crippen LogP contribution in [0.5, 0.6) is 0 Å². The lowest BCUT2D eigenvalue weighted by molar-refractivity contribution is 0.0535. The number of amides is 1. The molecule has 21 heavy (non-hydrogen) atoms. The Morgan fingerprint density at radius 1 is 1.33 bits per heavy atom. The lowest BCUT2D eigenvalue weighted by atomic mass is 9.90. The van der Waals surface area contributed by atoms with Crippen LogP contribution in [0.1, 0.15) is 40.7 Å². The van der Waals surface area contributed by atoms with Gasteiger partial charge in [0.05, 0.1) is 5.56 Å². The molecular weight excluding hydrogens is 270 g/mol. The second-order valence-electron chi connectivity index (χ2n) is 5.82. The van der Waals surface area contributed by atoms with E-state index in [0.717, 1.165) is 31.2 Å². The lowest BCUT2D eigenvalue weighted by Gasteiger charge is -2.29. The summed E-state index contributed by atoms with van der Waals surface area (Å²) in [6.45, 7) is 1.68. The van der Waals surface area contributed by atoms with Crippen LogP contribution in [0.2, 0.25) is 0 Å². The van der Waals surface area contributed by atoms with Gasteiger partial charge < -0.3 is 14.7 Å². The Morgan fingerprint density at radius 3 is 2.81 bits per heavy atom. The van der Waals surface area contributed by atoms with E-state index in [4.69, 9.17) is 9.84 Å². The number of carbonyl (C=O) groups excluding carboxylic acids is 1. The van der Waals surface area contributed by atoms with Gasteiger partial charge in [0.25, 0.3) is 0 Å². The molecule has 0 spiro atoms. The molecule has 2 aliphatic heterocycles. The van der Waals surface area contributed by atoms with Gasteiger partial charge in [-0.25, -0.2) is 9.59 Å². The van der Waals surface area contributed by atoms with Crippen LogP contribution in [-0.2, 0) is 17.8 Å². The minimum Gasteiger partial charge on any atom is -0.465 e. The third-order valence-corrected chi connectivity index (χ3v) is 4.47. The van der Waals surface area contributed by atoms with Crippen LogP contribution in [0.25, 0.3) is 0 Å². The number of benzene rings is 1. The Balaban J connectivity index is 1.52. The van der Waals surface area contributed by atoms with Gasteiger partial charge in [-0.3, -0.25) is 0 Å². The van der Waals surface area contributed by atoms with Crippen molar-refractivity contribution in [2.24, 2.45) is 5.92 Å². The van der Waals surface area contributed by atoms with Gasteiger partial charge in [-0.05, 0) is 43.2 Å². The van der Waals surface area contributed by atoms with E-state index in [-0.39, 0.29) is 5.97 Å². The number of nitrogens with zero attached hydrogens (tertiary/aromatic N) is 1. The van der Waals surface area contributed by atoms with Crippen molar-refractivity contribution >= 4 is 12.1 Å². The third kappa shape index (κ3) is 3.01. The van der Waals surface area contributed by atoms with Crippen LogP contribution < -0.4 is 0 Å². The maximum atomic E-state index is 11.4. The second-order valence-corrected chi connectivity index (χ2v) is 5.82. The summed E-state index contributed by atoms with van der Waals surface area (Å²) in [5, 5.41) is 8.93. The standard InChI is InChI=1S/C16H19NO4/c18-15-14-4-3-12(9-13(14)10-21-15)2-1-11-5-7-17(8-6-11)16(19)20/h3-4,9,11H,1-2,5-8,10H2,(H,19,20). The number of ether oxygens (including phenoxy) is 1. The summed E-state index contributed by atoms with van der Waals surface area (Å²) in [5.41, 5.74) is 2.90. The average Bonchev–Trinajstić information content (AvgIpc) is 2.86. The number of carbonyl (C=O) groups is 2. The Kier molecular flexibility index (Phi) is 3.82. The average molecular weight is 289 g/mol. The fourth-order valence-corrected chi connectivity index (χ4v) is 3.13. The van der Waals surface area contributed by atoms with Crippen molar-refractivity contribution < 1.29 is 19.4 Å². The quantitative estimate of drug-likeness (QED) is 0.869. The van der Waals surface area contributed by atoms with Crippen LogP contribution in [0.3, 0.4) is 0 Å². The normalized spacial score (nSPS) is 18.5. The molecule has 5 nitrogen and oxygen atoms in total. The van der Waals surface area contributed by atoms with Crippen LogP contribution in [-0.4, -0.2) is 35.2 Å². The molecule has 112 valence electrons. The van der Waals surface area contributed by atoms with E-state index in [1.54, 1.807) is 0 Å². The second kappa shape index (κ2) is 5.76. The third-order valence-electron chi connectivity index (χ3n) is 4.47. The number of piperidine rings is 1. The molecule has 0 atom stereocenters. The van der Waals surface area contributed by atoms with Crippen LogP contribution in [0.4, 0.5) is 4.79 Å². The first-order valence-corrected chi connectivity index (χ1v) is 7.40. The number of hydrogen-bond acceptors (Lipinski definition) is 3. The highest BCUT2D eigenvalue weighted by atomic mass is 16.5. The Bertz CT molecular complexity index is 561. The summed E-state index contributed by atoms with van der Waals surface area (Å²) in [5.74, 6) is 0.365. The molecule has 1 aromatic rings. The zero-order chi connectivity index (χ0) is 14.8. The van der Waals surface area contributed by atoms with E-state index in [0.29, 0.717) is 31.2 Å². The monoisotopic (exact) mass is 289 g/mol. The molecule has 1 aromatic carbocycles. The minimum atomic E-state index is -0.809. The van der Waals surface area contributed by atoms with E-state index >= 15 is 0 Å². The zero-order valence-corrected chi connectivity index (χ0v) is 11.9. The molecule has 0 saturated carbocycles. The largest absolute Gasteiger partial charge is 0.465 e. The Labute approximate surface area is 123 Å². The van der Waals surface area contributed by atoms with Crippen LogP contribution in [0.15, 0.2) is 18.2 Å². The molecule has 1 fully saturated rings. The summed E-state index contributed by atoms with van der Waals surface area (Å²) < 4.78 is 5.01. The lowest BCUT2D eigenvalue weighted by Crippen LogP contribution is -2.37. The van der Waals surface area contributed by atoms with Crippen molar-refractivity contribution in [3.8, 4) is 0 Å². The smallest absolute Gasteiger partial charge is 0.407 e. The van der Waals surface area contributed by atoms with Gasteiger partial charge in [0.2, 0.25) is 0 Å². The van der Waals surface area contributed by atoms with Gasteiger partial charge in [-0.1, -0.05) is 12.1 Å². The SMILES string of the molecule is O=C1OCc2cc(CCC3CCN(C(=O)O)CC3)ccc21. The van der Waals surface area contributed by atoms with Crippen molar-refractivity contribution in [2.45, 2.75) is 32.3 Å². The number of rotatable bonds is 3. The summed E-state index contributed by atoms with van der Waals surface area (Å²) >= 11 is 0. The summed E-state index contributed by atoms with van der Waals surface area (Å²) in [4.78, 5) is 23.7. The predicted octanol–water partition coefficient (Wildman–Crippen LogP) is 2.68. The van der Waals surface area contributed by atoms with Gasteiger partial charge in [0.1, 0.15) is 6.61 Å². The zero-order valence-electron chi connectivity index (χ0n) is 11.9. The number of fused-ring (bicyclic) bond motifs is 1. The Morgan fingerprint density at radius 2 is 2.10 bits per heavy atom. The fourth-order valence-electron chi connectivity index (χ4n) is 3.13. The molecule has 2 heterocycles. The fraction of sp³-hybridized carbons (Fsp3) is 0.500. The van der Waals surface area contributed by atoms with Crippen molar-refractivity contribution in [2.75, 3.05) is 13.1 Å². The maximum Gasteiger partial charge on any atom is 0.407 e. The van der Waals surface area contributed by atoms with E-state index in [9.17, 15) is 9.59 Å². The molecular formula is C16H19NO4. The molecule has 1 N–H and O–H groups in total. The van der Waals surface area contributed by atoms with Crippen molar-refractivity contribution in [3.05, 3.63) is 34.9 Å².